The highest BCUT2D eigenvalue weighted by atomic mass is 19.3. The zero-order chi connectivity index (χ0) is 13.3. The SMILES string of the molecule is O=[N+]([O-])c1cn(C2CCC(O)CC2)nc1C(F)F. The van der Waals surface area contributed by atoms with Gasteiger partial charge in [-0.05, 0) is 25.7 Å². The maximum Gasteiger partial charge on any atom is 0.316 e. The Morgan fingerprint density at radius 1 is 1.44 bits per heavy atom. The van der Waals surface area contributed by atoms with Gasteiger partial charge in [-0.3, -0.25) is 14.8 Å². The van der Waals surface area contributed by atoms with E-state index in [1.165, 1.54) is 4.68 Å². The Morgan fingerprint density at radius 2 is 2.06 bits per heavy atom. The Labute approximate surface area is 101 Å². The highest BCUT2D eigenvalue weighted by molar-refractivity contribution is 5.33. The van der Waals surface area contributed by atoms with E-state index in [4.69, 9.17) is 0 Å². The molecule has 0 aromatic carbocycles. The minimum Gasteiger partial charge on any atom is -0.393 e. The number of halogens is 2. The van der Waals surface area contributed by atoms with Crippen LogP contribution < -0.4 is 0 Å². The molecule has 2 rings (SSSR count). The summed E-state index contributed by atoms with van der Waals surface area (Å²) < 4.78 is 26.5. The number of hydrogen-bond acceptors (Lipinski definition) is 4. The van der Waals surface area contributed by atoms with Crippen molar-refractivity contribution in [1.82, 2.24) is 9.78 Å². The van der Waals surface area contributed by atoms with Gasteiger partial charge in [0.05, 0.1) is 17.1 Å². The van der Waals surface area contributed by atoms with Crippen LogP contribution in [-0.2, 0) is 0 Å². The van der Waals surface area contributed by atoms with E-state index in [9.17, 15) is 24.0 Å². The lowest BCUT2D eigenvalue weighted by Gasteiger charge is -2.25. The zero-order valence-corrected chi connectivity index (χ0v) is 9.50. The number of aliphatic hydroxyl groups is 1. The molecule has 1 aliphatic rings. The molecule has 1 aromatic rings. The van der Waals surface area contributed by atoms with Crippen molar-refractivity contribution in [3.05, 3.63) is 22.0 Å². The second kappa shape index (κ2) is 4.97. The van der Waals surface area contributed by atoms with Crippen molar-refractivity contribution in [2.75, 3.05) is 0 Å². The lowest BCUT2D eigenvalue weighted by atomic mass is 9.93. The summed E-state index contributed by atoms with van der Waals surface area (Å²) in [5, 5.41) is 23.6. The summed E-state index contributed by atoms with van der Waals surface area (Å²) in [6.07, 6.45) is 0.0158. The van der Waals surface area contributed by atoms with Gasteiger partial charge in [-0.15, -0.1) is 0 Å². The van der Waals surface area contributed by atoms with Crippen molar-refractivity contribution < 1.29 is 18.8 Å². The zero-order valence-electron chi connectivity index (χ0n) is 9.50. The number of nitrogens with zero attached hydrogens (tertiary/aromatic N) is 3. The van der Waals surface area contributed by atoms with Gasteiger partial charge in [-0.1, -0.05) is 0 Å². The maximum atomic E-state index is 12.6. The standard InChI is InChI=1S/C10H13F2N3O3/c11-10(12)9-8(15(17)18)5-14(13-9)6-1-3-7(16)4-2-6/h5-7,10,16H,1-4H2. The fraction of sp³-hybridized carbons (Fsp3) is 0.700. The summed E-state index contributed by atoms with van der Waals surface area (Å²) >= 11 is 0. The van der Waals surface area contributed by atoms with E-state index < -0.39 is 22.7 Å². The number of aromatic nitrogens is 2. The van der Waals surface area contributed by atoms with Crippen LogP contribution in [0.1, 0.15) is 43.8 Å². The minimum absolute atomic E-state index is 0.153. The largest absolute Gasteiger partial charge is 0.393 e. The van der Waals surface area contributed by atoms with Crippen molar-refractivity contribution in [1.29, 1.82) is 0 Å². The fourth-order valence-electron chi connectivity index (χ4n) is 2.20. The number of alkyl halides is 2. The molecule has 100 valence electrons. The monoisotopic (exact) mass is 261 g/mol. The van der Waals surface area contributed by atoms with Gasteiger partial charge in [0.25, 0.3) is 6.43 Å². The van der Waals surface area contributed by atoms with Crippen molar-refractivity contribution in [3.8, 4) is 0 Å². The van der Waals surface area contributed by atoms with Crippen LogP contribution in [0.3, 0.4) is 0 Å². The highest BCUT2D eigenvalue weighted by Gasteiger charge is 2.30. The predicted octanol–water partition coefficient (Wildman–Crippen LogP) is 2.20. The van der Waals surface area contributed by atoms with Gasteiger partial charge in [0.2, 0.25) is 5.69 Å². The molecule has 8 heteroatoms. The fourth-order valence-corrected chi connectivity index (χ4v) is 2.20. The van der Waals surface area contributed by atoms with E-state index in [-0.39, 0.29) is 12.1 Å². The molecule has 1 aliphatic carbocycles. The van der Waals surface area contributed by atoms with Gasteiger partial charge in [0.1, 0.15) is 6.20 Å². The van der Waals surface area contributed by atoms with Crippen molar-refractivity contribution >= 4 is 5.69 Å². The molecule has 0 atom stereocenters. The average Bonchev–Trinajstić information content (AvgIpc) is 2.75. The molecule has 0 amide bonds. The third-order valence-corrected chi connectivity index (χ3v) is 3.18. The first kappa shape index (κ1) is 12.9. The molecule has 0 aliphatic heterocycles. The molecule has 6 nitrogen and oxygen atoms in total. The lowest BCUT2D eigenvalue weighted by Crippen LogP contribution is -2.21. The Hall–Kier alpha value is -1.57. The van der Waals surface area contributed by atoms with Crippen molar-refractivity contribution in [2.45, 2.75) is 44.3 Å². The first-order chi connectivity index (χ1) is 8.49. The summed E-state index contributed by atoms with van der Waals surface area (Å²) in [5.41, 5.74) is -1.43. The van der Waals surface area contributed by atoms with E-state index in [0.29, 0.717) is 25.7 Å². The molecule has 1 fully saturated rings. The molecular weight excluding hydrogens is 248 g/mol. The van der Waals surface area contributed by atoms with E-state index >= 15 is 0 Å². The Balaban J connectivity index is 2.24. The minimum atomic E-state index is -2.96. The van der Waals surface area contributed by atoms with Crippen LogP contribution in [0.25, 0.3) is 0 Å². The number of nitro groups is 1. The second-order valence-corrected chi connectivity index (χ2v) is 4.40. The maximum absolute atomic E-state index is 12.6. The van der Waals surface area contributed by atoms with Crippen molar-refractivity contribution in [3.63, 3.8) is 0 Å². The van der Waals surface area contributed by atoms with Crippen LogP contribution in [0, 0.1) is 10.1 Å². The molecule has 1 saturated carbocycles. The van der Waals surface area contributed by atoms with E-state index in [1.54, 1.807) is 0 Å². The molecule has 0 spiro atoms. The first-order valence-electron chi connectivity index (χ1n) is 5.68. The Bertz CT molecular complexity index is 442. The Morgan fingerprint density at radius 3 is 2.50 bits per heavy atom. The van der Waals surface area contributed by atoms with Crippen LogP contribution in [0.2, 0.25) is 0 Å². The van der Waals surface area contributed by atoms with Crippen LogP contribution in [0.5, 0.6) is 0 Å². The smallest absolute Gasteiger partial charge is 0.316 e. The third kappa shape index (κ3) is 2.47. The molecule has 0 saturated heterocycles. The van der Waals surface area contributed by atoms with Gasteiger partial charge >= 0.3 is 5.69 Å². The quantitative estimate of drug-likeness (QED) is 0.668. The van der Waals surface area contributed by atoms with Crippen LogP contribution >= 0.6 is 0 Å². The molecular formula is C10H13F2N3O3. The lowest BCUT2D eigenvalue weighted by molar-refractivity contribution is -0.386. The first-order valence-corrected chi connectivity index (χ1v) is 5.68. The molecule has 0 radical (unpaired) electrons. The molecule has 0 bridgehead atoms. The summed E-state index contributed by atoms with van der Waals surface area (Å²) in [6, 6.07) is -0.153. The van der Waals surface area contributed by atoms with Gasteiger partial charge in [-0.25, -0.2) is 8.78 Å². The summed E-state index contributed by atoms with van der Waals surface area (Å²) in [6.45, 7) is 0. The average molecular weight is 261 g/mol. The molecule has 18 heavy (non-hydrogen) atoms. The van der Waals surface area contributed by atoms with Gasteiger partial charge < -0.3 is 5.11 Å². The second-order valence-electron chi connectivity index (χ2n) is 4.40. The van der Waals surface area contributed by atoms with E-state index in [1.807, 2.05) is 0 Å². The summed E-state index contributed by atoms with van der Waals surface area (Å²) in [5.74, 6) is 0. The Kier molecular flexibility index (Phi) is 3.55. The summed E-state index contributed by atoms with van der Waals surface area (Å²) in [7, 11) is 0. The number of hydrogen-bond donors (Lipinski definition) is 1. The third-order valence-electron chi connectivity index (χ3n) is 3.18. The highest BCUT2D eigenvalue weighted by Crippen LogP contribution is 2.33. The number of aliphatic hydroxyl groups excluding tert-OH is 1. The van der Waals surface area contributed by atoms with Gasteiger partial charge in [0, 0.05) is 0 Å². The predicted molar refractivity (Wildman–Crippen MR) is 57.4 cm³/mol. The van der Waals surface area contributed by atoms with Gasteiger partial charge in [-0.2, -0.15) is 5.10 Å². The van der Waals surface area contributed by atoms with Crippen LogP contribution in [0.15, 0.2) is 6.20 Å². The van der Waals surface area contributed by atoms with Gasteiger partial charge in [0.15, 0.2) is 0 Å². The van der Waals surface area contributed by atoms with Crippen LogP contribution in [-0.4, -0.2) is 25.9 Å². The molecule has 1 heterocycles. The molecule has 0 unspecified atom stereocenters. The normalized spacial score (nSPS) is 24.4. The van der Waals surface area contributed by atoms with E-state index in [0.717, 1.165) is 6.20 Å². The molecule has 1 aromatic heterocycles. The van der Waals surface area contributed by atoms with Crippen molar-refractivity contribution in [2.24, 2.45) is 0 Å². The number of rotatable bonds is 3. The van der Waals surface area contributed by atoms with E-state index in [2.05, 4.69) is 5.10 Å². The summed E-state index contributed by atoms with van der Waals surface area (Å²) in [4.78, 5) is 9.81. The van der Waals surface area contributed by atoms with Crippen LogP contribution in [0.4, 0.5) is 14.5 Å². The molecule has 1 N–H and O–H groups in total. The topological polar surface area (TPSA) is 81.2 Å².